The van der Waals surface area contributed by atoms with Crippen molar-refractivity contribution in [2.24, 2.45) is 0 Å². The Morgan fingerprint density at radius 2 is 2.33 bits per heavy atom. The Hall–Kier alpha value is -0.930. The SMILES string of the molecule is CC1(CNCc2ccc3cc[nH]c3c2)CCCS1. The molecule has 1 unspecified atom stereocenters. The van der Waals surface area contributed by atoms with Crippen LogP contribution in [0.4, 0.5) is 0 Å². The second-order valence-corrected chi connectivity index (χ2v) is 7.09. The van der Waals surface area contributed by atoms with E-state index < -0.39 is 0 Å². The Balaban J connectivity index is 1.59. The molecule has 2 nitrogen and oxygen atoms in total. The lowest BCUT2D eigenvalue weighted by atomic mass is 10.1. The van der Waals surface area contributed by atoms with E-state index in [0.717, 1.165) is 13.1 Å². The molecule has 0 bridgehead atoms. The Morgan fingerprint density at radius 1 is 1.39 bits per heavy atom. The lowest BCUT2D eigenvalue weighted by Crippen LogP contribution is -2.32. The number of benzene rings is 1. The van der Waals surface area contributed by atoms with Gasteiger partial charge in [-0.2, -0.15) is 11.8 Å². The van der Waals surface area contributed by atoms with Crippen molar-refractivity contribution >= 4 is 22.7 Å². The van der Waals surface area contributed by atoms with Crippen molar-refractivity contribution in [2.75, 3.05) is 12.3 Å². The fourth-order valence-corrected chi connectivity index (χ4v) is 3.93. The molecular weight excluding hydrogens is 240 g/mol. The Bertz CT molecular complexity index is 526. The van der Waals surface area contributed by atoms with Gasteiger partial charge in [0.1, 0.15) is 0 Å². The summed E-state index contributed by atoms with van der Waals surface area (Å²) >= 11 is 2.12. The molecular formula is C15H20N2S. The highest BCUT2D eigenvalue weighted by atomic mass is 32.2. The standard InChI is InChI=1S/C15H20N2S/c1-15(6-2-8-18-15)11-16-10-12-3-4-13-5-7-17-14(13)9-12/h3-5,7,9,16-17H,2,6,8,10-11H2,1H3. The second kappa shape index (κ2) is 4.98. The molecule has 2 heterocycles. The first kappa shape index (κ1) is 12.1. The Labute approximate surface area is 113 Å². The number of aromatic amines is 1. The van der Waals surface area contributed by atoms with Gasteiger partial charge in [0, 0.05) is 29.6 Å². The minimum Gasteiger partial charge on any atom is -0.361 e. The van der Waals surface area contributed by atoms with E-state index >= 15 is 0 Å². The molecule has 2 aromatic rings. The topological polar surface area (TPSA) is 27.8 Å². The predicted octanol–water partition coefficient (Wildman–Crippen LogP) is 3.54. The van der Waals surface area contributed by atoms with Crippen LogP contribution >= 0.6 is 11.8 Å². The van der Waals surface area contributed by atoms with Crippen molar-refractivity contribution in [3.05, 3.63) is 36.0 Å². The second-order valence-electron chi connectivity index (χ2n) is 5.40. The molecule has 1 aromatic carbocycles. The first-order chi connectivity index (χ1) is 8.75. The molecule has 1 aliphatic heterocycles. The summed E-state index contributed by atoms with van der Waals surface area (Å²) in [6.45, 7) is 4.46. The summed E-state index contributed by atoms with van der Waals surface area (Å²) in [4.78, 5) is 3.27. The number of hydrogen-bond donors (Lipinski definition) is 2. The molecule has 0 radical (unpaired) electrons. The highest BCUT2D eigenvalue weighted by Gasteiger charge is 2.28. The minimum atomic E-state index is 0.455. The van der Waals surface area contributed by atoms with Crippen LogP contribution in [0.1, 0.15) is 25.3 Å². The van der Waals surface area contributed by atoms with Gasteiger partial charge in [0.15, 0.2) is 0 Å². The van der Waals surface area contributed by atoms with Crippen molar-refractivity contribution in [2.45, 2.75) is 31.1 Å². The number of thioether (sulfide) groups is 1. The van der Waals surface area contributed by atoms with Gasteiger partial charge in [0.25, 0.3) is 0 Å². The predicted molar refractivity (Wildman–Crippen MR) is 80.1 cm³/mol. The third kappa shape index (κ3) is 2.57. The van der Waals surface area contributed by atoms with Crippen molar-refractivity contribution in [3.63, 3.8) is 0 Å². The van der Waals surface area contributed by atoms with Gasteiger partial charge in [-0.25, -0.2) is 0 Å². The summed E-state index contributed by atoms with van der Waals surface area (Å²) in [5, 5.41) is 4.90. The first-order valence-electron chi connectivity index (χ1n) is 6.66. The highest BCUT2D eigenvalue weighted by Crippen LogP contribution is 2.36. The van der Waals surface area contributed by atoms with Gasteiger partial charge >= 0.3 is 0 Å². The zero-order valence-corrected chi connectivity index (χ0v) is 11.6. The van der Waals surface area contributed by atoms with Gasteiger partial charge in [-0.15, -0.1) is 0 Å². The first-order valence-corrected chi connectivity index (χ1v) is 7.64. The van der Waals surface area contributed by atoms with E-state index in [1.165, 1.54) is 35.1 Å². The molecule has 96 valence electrons. The number of aromatic nitrogens is 1. The summed E-state index contributed by atoms with van der Waals surface area (Å²) < 4.78 is 0.455. The summed E-state index contributed by atoms with van der Waals surface area (Å²) in [5.74, 6) is 1.33. The highest BCUT2D eigenvalue weighted by molar-refractivity contribution is 8.00. The molecule has 0 amide bonds. The van der Waals surface area contributed by atoms with Crippen LogP contribution in [0.2, 0.25) is 0 Å². The maximum absolute atomic E-state index is 3.61. The molecule has 0 spiro atoms. The maximum atomic E-state index is 3.61. The molecule has 3 rings (SSSR count). The monoisotopic (exact) mass is 260 g/mol. The van der Waals surface area contributed by atoms with Crippen molar-refractivity contribution in [1.82, 2.24) is 10.3 Å². The molecule has 1 aliphatic rings. The van der Waals surface area contributed by atoms with E-state index in [-0.39, 0.29) is 0 Å². The minimum absolute atomic E-state index is 0.455. The van der Waals surface area contributed by atoms with Crippen molar-refractivity contribution in [3.8, 4) is 0 Å². The number of hydrogen-bond acceptors (Lipinski definition) is 2. The zero-order valence-electron chi connectivity index (χ0n) is 10.8. The summed E-state index contributed by atoms with van der Waals surface area (Å²) in [6.07, 6.45) is 4.72. The summed E-state index contributed by atoms with van der Waals surface area (Å²) in [6, 6.07) is 8.76. The maximum Gasteiger partial charge on any atom is 0.0457 e. The van der Waals surface area contributed by atoms with E-state index in [1.54, 1.807) is 0 Å². The van der Waals surface area contributed by atoms with E-state index in [4.69, 9.17) is 0 Å². The van der Waals surface area contributed by atoms with Crippen LogP contribution in [0, 0.1) is 0 Å². The number of nitrogens with one attached hydrogen (secondary N) is 2. The average molecular weight is 260 g/mol. The fourth-order valence-electron chi connectivity index (χ4n) is 2.65. The Kier molecular flexibility index (Phi) is 3.35. The van der Waals surface area contributed by atoms with Crippen LogP contribution in [-0.4, -0.2) is 22.0 Å². The van der Waals surface area contributed by atoms with E-state index in [9.17, 15) is 0 Å². The Morgan fingerprint density at radius 3 is 3.17 bits per heavy atom. The molecule has 18 heavy (non-hydrogen) atoms. The average Bonchev–Trinajstić information content (AvgIpc) is 2.97. The lowest BCUT2D eigenvalue weighted by molar-refractivity contribution is 0.537. The van der Waals surface area contributed by atoms with Gasteiger partial charge in [0.2, 0.25) is 0 Å². The number of H-pyrrole nitrogens is 1. The molecule has 0 saturated carbocycles. The van der Waals surface area contributed by atoms with E-state index in [0.29, 0.717) is 4.75 Å². The lowest BCUT2D eigenvalue weighted by Gasteiger charge is -2.23. The number of rotatable bonds is 4. The van der Waals surface area contributed by atoms with E-state index in [2.05, 4.69) is 53.3 Å². The fraction of sp³-hybridized carbons (Fsp3) is 0.467. The third-order valence-electron chi connectivity index (χ3n) is 3.75. The molecule has 1 saturated heterocycles. The van der Waals surface area contributed by atoms with Crippen LogP contribution < -0.4 is 5.32 Å². The normalized spacial score (nSPS) is 23.8. The van der Waals surface area contributed by atoms with Gasteiger partial charge in [-0.05, 0) is 48.6 Å². The van der Waals surface area contributed by atoms with Crippen LogP contribution in [0.15, 0.2) is 30.5 Å². The molecule has 0 aliphatic carbocycles. The zero-order chi connectivity index (χ0) is 12.4. The van der Waals surface area contributed by atoms with Crippen LogP contribution in [-0.2, 0) is 6.54 Å². The van der Waals surface area contributed by atoms with Crippen molar-refractivity contribution in [1.29, 1.82) is 0 Å². The molecule has 1 fully saturated rings. The number of fused-ring (bicyclic) bond motifs is 1. The van der Waals surface area contributed by atoms with Gasteiger partial charge in [-0.1, -0.05) is 12.1 Å². The molecule has 1 aromatic heterocycles. The van der Waals surface area contributed by atoms with Gasteiger partial charge in [0.05, 0.1) is 0 Å². The summed E-state index contributed by atoms with van der Waals surface area (Å²) in [7, 11) is 0. The third-order valence-corrected chi connectivity index (χ3v) is 5.29. The van der Waals surface area contributed by atoms with Crippen LogP contribution in [0.5, 0.6) is 0 Å². The molecule has 2 N–H and O–H groups in total. The van der Waals surface area contributed by atoms with Gasteiger partial charge < -0.3 is 10.3 Å². The van der Waals surface area contributed by atoms with Gasteiger partial charge in [-0.3, -0.25) is 0 Å². The van der Waals surface area contributed by atoms with Crippen LogP contribution in [0.3, 0.4) is 0 Å². The molecule has 1 atom stereocenters. The summed E-state index contributed by atoms with van der Waals surface area (Å²) in [5.41, 5.74) is 2.59. The van der Waals surface area contributed by atoms with E-state index in [1.807, 2.05) is 6.20 Å². The van der Waals surface area contributed by atoms with Crippen molar-refractivity contribution < 1.29 is 0 Å². The smallest absolute Gasteiger partial charge is 0.0457 e. The molecule has 3 heteroatoms. The largest absolute Gasteiger partial charge is 0.361 e. The quantitative estimate of drug-likeness (QED) is 0.880. The van der Waals surface area contributed by atoms with Crippen LogP contribution in [0.25, 0.3) is 10.9 Å².